The second kappa shape index (κ2) is 15.7. The predicted octanol–water partition coefficient (Wildman–Crippen LogP) is 2.25. The number of hydrogen-bond acceptors (Lipinski definition) is 2. The van der Waals surface area contributed by atoms with Crippen molar-refractivity contribution in [3.8, 4) is 0 Å². The number of aromatic nitrogens is 3. The monoisotopic (exact) mass is 143 g/mol. The number of rotatable bonds is 0. The average Bonchev–Trinajstić information content (AvgIpc) is 2.48. The van der Waals surface area contributed by atoms with Gasteiger partial charge in [-0.1, -0.05) is 34.1 Å². The van der Waals surface area contributed by atoms with E-state index in [1.165, 1.54) is 6.42 Å². The first-order valence-corrected chi connectivity index (χ1v) is 3.71. The number of nitrogens with one attached hydrogen (secondary N) is 1. The maximum atomic E-state index is 3.49. The number of nitrogens with zero attached hydrogens (tertiary/aromatic N) is 2. The molecule has 0 unspecified atom stereocenters. The van der Waals surface area contributed by atoms with E-state index in [1.807, 2.05) is 13.8 Å². The maximum Gasteiger partial charge on any atom is 0.0690 e. The minimum absolute atomic E-state index is 1.25. The lowest BCUT2D eigenvalue weighted by atomic mass is 10.6. The molecule has 3 heteroatoms. The van der Waals surface area contributed by atoms with Gasteiger partial charge in [-0.2, -0.15) is 15.4 Å². The Balaban J connectivity index is 0. The fourth-order valence-electron chi connectivity index (χ4n) is 0.167. The van der Waals surface area contributed by atoms with E-state index in [9.17, 15) is 0 Å². The Hall–Kier alpha value is -0.860. The summed E-state index contributed by atoms with van der Waals surface area (Å²) in [7, 11) is 0. The maximum absolute atomic E-state index is 3.49. The first kappa shape index (κ1) is 11.9. The summed E-state index contributed by atoms with van der Waals surface area (Å²) in [6.45, 7) is 8.25. The van der Waals surface area contributed by atoms with Crippen molar-refractivity contribution in [2.75, 3.05) is 0 Å². The number of H-pyrrole nitrogens is 1. The first-order chi connectivity index (χ1) is 4.91. The smallest absolute Gasteiger partial charge is 0.0690 e. The van der Waals surface area contributed by atoms with Crippen LogP contribution in [-0.4, -0.2) is 15.4 Å². The zero-order chi connectivity index (χ0) is 8.24. The molecule has 0 aliphatic heterocycles. The summed E-state index contributed by atoms with van der Waals surface area (Å²) >= 11 is 0. The van der Waals surface area contributed by atoms with Crippen molar-refractivity contribution in [2.45, 2.75) is 34.1 Å². The van der Waals surface area contributed by atoms with Crippen LogP contribution in [0.15, 0.2) is 12.4 Å². The first-order valence-electron chi connectivity index (χ1n) is 3.71. The van der Waals surface area contributed by atoms with Gasteiger partial charge in [0.25, 0.3) is 0 Å². The Labute approximate surface area is 62.9 Å². The molecule has 0 saturated carbocycles. The quantitative estimate of drug-likeness (QED) is 0.605. The van der Waals surface area contributed by atoms with E-state index in [2.05, 4.69) is 29.3 Å². The van der Waals surface area contributed by atoms with E-state index in [1.54, 1.807) is 12.4 Å². The fraction of sp³-hybridized carbons (Fsp3) is 0.714. The minimum Gasteiger partial charge on any atom is -0.198 e. The van der Waals surface area contributed by atoms with Gasteiger partial charge >= 0.3 is 0 Å². The number of hydrogen-bond donors (Lipinski definition) is 1. The molecule has 0 radical (unpaired) electrons. The van der Waals surface area contributed by atoms with Crippen molar-refractivity contribution in [1.29, 1.82) is 0 Å². The molecule has 0 aliphatic rings. The number of aromatic amines is 1. The highest BCUT2D eigenvalue weighted by atomic mass is 15.3. The molecular formula is C7H17N3. The highest BCUT2D eigenvalue weighted by Crippen LogP contribution is 1.56. The van der Waals surface area contributed by atoms with Gasteiger partial charge in [-0.25, -0.2) is 0 Å². The van der Waals surface area contributed by atoms with Gasteiger partial charge in [0.2, 0.25) is 0 Å². The zero-order valence-electron chi connectivity index (χ0n) is 7.26. The summed E-state index contributed by atoms with van der Waals surface area (Å²) in [6, 6.07) is 0. The fourth-order valence-corrected chi connectivity index (χ4v) is 0.167. The van der Waals surface area contributed by atoms with Crippen LogP contribution in [0, 0.1) is 0 Å². The molecule has 0 bridgehead atoms. The molecule has 1 aromatic rings. The zero-order valence-corrected chi connectivity index (χ0v) is 7.26. The lowest BCUT2D eigenvalue weighted by Gasteiger charge is -1.48. The van der Waals surface area contributed by atoms with Gasteiger partial charge in [0, 0.05) is 0 Å². The highest BCUT2D eigenvalue weighted by Gasteiger charge is 1.57. The van der Waals surface area contributed by atoms with Gasteiger partial charge in [0.05, 0.1) is 12.4 Å². The summed E-state index contributed by atoms with van der Waals surface area (Å²) in [5.41, 5.74) is 0. The van der Waals surface area contributed by atoms with Crippen LogP contribution in [0.2, 0.25) is 0 Å². The van der Waals surface area contributed by atoms with E-state index in [0.29, 0.717) is 0 Å². The molecule has 0 aliphatic carbocycles. The second-order valence-corrected chi connectivity index (χ2v) is 1.36. The SMILES string of the molecule is CC.CCC.c1cn[nH]n1. The van der Waals surface area contributed by atoms with Gasteiger partial charge in [-0.15, -0.1) is 0 Å². The Bertz CT molecular complexity index is 75.7. The van der Waals surface area contributed by atoms with Crippen LogP contribution in [0.5, 0.6) is 0 Å². The van der Waals surface area contributed by atoms with Gasteiger partial charge in [-0.05, 0) is 0 Å². The van der Waals surface area contributed by atoms with Gasteiger partial charge in [-0.3, -0.25) is 0 Å². The van der Waals surface area contributed by atoms with Crippen molar-refractivity contribution in [2.24, 2.45) is 0 Å². The van der Waals surface area contributed by atoms with E-state index >= 15 is 0 Å². The molecule has 1 heterocycles. The lowest BCUT2D eigenvalue weighted by molar-refractivity contribution is 0.940. The Kier molecular flexibility index (Phi) is 18.7. The molecule has 0 saturated heterocycles. The molecule has 3 nitrogen and oxygen atoms in total. The third-order valence-corrected chi connectivity index (χ3v) is 0.331. The van der Waals surface area contributed by atoms with Crippen molar-refractivity contribution < 1.29 is 0 Å². The highest BCUT2D eigenvalue weighted by molar-refractivity contribution is 4.54. The Morgan fingerprint density at radius 1 is 1.10 bits per heavy atom. The van der Waals surface area contributed by atoms with Crippen molar-refractivity contribution in [3.05, 3.63) is 12.4 Å². The molecule has 0 aromatic carbocycles. The molecule has 0 spiro atoms. The summed E-state index contributed by atoms with van der Waals surface area (Å²) in [5.74, 6) is 0. The van der Waals surface area contributed by atoms with E-state index in [-0.39, 0.29) is 0 Å². The van der Waals surface area contributed by atoms with E-state index < -0.39 is 0 Å². The van der Waals surface area contributed by atoms with Gasteiger partial charge in [0.15, 0.2) is 0 Å². The van der Waals surface area contributed by atoms with Crippen LogP contribution in [0.1, 0.15) is 34.1 Å². The van der Waals surface area contributed by atoms with E-state index in [0.717, 1.165) is 0 Å². The van der Waals surface area contributed by atoms with Crippen LogP contribution in [0.3, 0.4) is 0 Å². The Morgan fingerprint density at radius 3 is 1.50 bits per heavy atom. The molecule has 0 fully saturated rings. The molecular weight excluding hydrogens is 126 g/mol. The molecule has 1 aromatic heterocycles. The van der Waals surface area contributed by atoms with Crippen LogP contribution in [0.4, 0.5) is 0 Å². The third-order valence-electron chi connectivity index (χ3n) is 0.331. The predicted molar refractivity (Wildman–Crippen MR) is 43.7 cm³/mol. The molecule has 60 valence electrons. The second-order valence-electron chi connectivity index (χ2n) is 1.36. The van der Waals surface area contributed by atoms with Crippen molar-refractivity contribution in [1.82, 2.24) is 15.4 Å². The minimum atomic E-state index is 1.25. The molecule has 1 N–H and O–H groups in total. The summed E-state index contributed by atoms with van der Waals surface area (Å²) in [4.78, 5) is 0. The third kappa shape index (κ3) is 15.7. The normalized spacial score (nSPS) is 6.40. The van der Waals surface area contributed by atoms with Crippen molar-refractivity contribution in [3.63, 3.8) is 0 Å². The standard InChI is InChI=1S/C3H8.C2H3N3.C2H6/c1-3-2;1-2-4-5-3-1;1-2/h3H2,1-2H3;1-2H,(H,3,4,5);1-2H3. The largest absolute Gasteiger partial charge is 0.198 e. The molecule has 10 heavy (non-hydrogen) atoms. The van der Waals surface area contributed by atoms with Gasteiger partial charge < -0.3 is 0 Å². The molecule has 0 amide bonds. The van der Waals surface area contributed by atoms with Crippen LogP contribution >= 0.6 is 0 Å². The summed E-state index contributed by atoms with van der Waals surface area (Å²) < 4.78 is 0. The topological polar surface area (TPSA) is 41.6 Å². The van der Waals surface area contributed by atoms with Crippen LogP contribution in [-0.2, 0) is 0 Å². The molecule has 1 rings (SSSR count). The van der Waals surface area contributed by atoms with Crippen molar-refractivity contribution >= 4 is 0 Å². The van der Waals surface area contributed by atoms with Crippen LogP contribution < -0.4 is 0 Å². The van der Waals surface area contributed by atoms with Gasteiger partial charge in [0.1, 0.15) is 0 Å². The van der Waals surface area contributed by atoms with Crippen LogP contribution in [0.25, 0.3) is 0 Å². The lowest BCUT2D eigenvalue weighted by Crippen LogP contribution is -1.61. The summed E-state index contributed by atoms with van der Waals surface area (Å²) in [5, 5.41) is 9.33. The average molecular weight is 143 g/mol. The molecule has 0 atom stereocenters. The van der Waals surface area contributed by atoms with E-state index in [4.69, 9.17) is 0 Å². The summed E-state index contributed by atoms with van der Waals surface area (Å²) in [6.07, 6.45) is 4.42. The Morgan fingerprint density at radius 2 is 1.40 bits per heavy atom.